The highest BCUT2D eigenvalue weighted by atomic mass is 16.6. The van der Waals surface area contributed by atoms with Crippen LogP contribution in [0.3, 0.4) is 0 Å². The molecule has 178 valence electrons. The molecule has 0 saturated carbocycles. The van der Waals surface area contributed by atoms with Crippen LogP contribution in [0.15, 0.2) is 0 Å². The molecule has 0 unspecified atom stereocenters. The summed E-state index contributed by atoms with van der Waals surface area (Å²) >= 11 is 0. The Balaban J connectivity index is 2.18. The van der Waals surface area contributed by atoms with Crippen LogP contribution in [0.2, 0.25) is 0 Å². The number of carbonyl (C=O) groups is 4. The number of ether oxygens (including phenoxy) is 2. The van der Waals surface area contributed by atoms with Crippen LogP contribution in [0.1, 0.15) is 60.8 Å². The maximum Gasteiger partial charge on any atom is 0.408 e. The number of hydrogen-bond donors (Lipinski definition) is 3. The van der Waals surface area contributed by atoms with Gasteiger partial charge in [-0.3, -0.25) is 9.59 Å². The number of hydrogen-bond acceptors (Lipinski definition) is 6. The lowest BCUT2D eigenvalue weighted by molar-refractivity contribution is -0.131. The second kappa shape index (κ2) is 11.8. The van der Waals surface area contributed by atoms with Gasteiger partial charge in [0.15, 0.2) is 0 Å². The normalized spacial score (nSPS) is 15.1. The molecule has 10 nitrogen and oxygen atoms in total. The summed E-state index contributed by atoms with van der Waals surface area (Å²) in [5.74, 6) is -0.0108. The molecular formula is C21H38N4O6. The summed E-state index contributed by atoms with van der Waals surface area (Å²) in [6.45, 7) is 12.4. The minimum Gasteiger partial charge on any atom is -0.444 e. The van der Waals surface area contributed by atoms with E-state index < -0.39 is 23.4 Å². The molecule has 0 bridgehead atoms. The van der Waals surface area contributed by atoms with Gasteiger partial charge in [0.1, 0.15) is 17.7 Å². The average Bonchev–Trinajstić information content (AvgIpc) is 2.62. The highest BCUT2D eigenvalue weighted by Gasteiger charge is 2.24. The topological polar surface area (TPSA) is 126 Å². The van der Waals surface area contributed by atoms with Crippen molar-refractivity contribution in [1.29, 1.82) is 0 Å². The van der Waals surface area contributed by atoms with Crippen LogP contribution >= 0.6 is 0 Å². The van der Waals surface area contributed by atoms with Gasteiger partial charge in [0.25, 0.3) is 0 Å². The summed E-state index contributed by atoms with van der Waals surface area (Å²) in [5.41, 5.74) is -1.18. The highest BCUT2D eigenvalue weighted by molar-refractivity contribution is 5.82. The van der Waals surface area contributed by atoms with Crippen molar-refractivity contribution in [3.63, 3.8) is 0 Å². The number of amides is 4. The van der Waals surface area contributed by atoms with E-state index >= 15 is 0 Å². The van der Waals surface area contributed by atoms with Crippen LogP contribution in [0, 0.1) is 5.92 Å². The molecule has 10 heteroatoms. The number of carbonyl (C=O) groups excluding carboxylic acids is 4. The third kappa shape index (κ3) is 12.7. The van der Waals surface area contributed by atoms with E-state index in [0.717, 1.165) is 12.8 Å². The lowest BCUT2D eigenvalue weighted by Gasteiger charge is -2.32. The second-order valence-corrected chi connectivity index (χ2v) is 9.66. The van der Waals surface area contributed by atoms with Crippen LogP contribution in [0.4, 0.5) is 9.59 Å². The maximum atomic E-state index is 12.2. The van der Waals surface area contributed by atoms with E-state index in [4.69, 9.17) is 9.47 Å². The second-order valence-electron chi connectivity index (χ2n) is 9.66. The molecule has 1 aliphatic heterocycles. The molecular weight excluding hydrogens is 404 g/mol. The van der Waals surface area contributed by atoms with E-state index in [9.17, 15) is 19.2 Å². The Morgan fingerprint density at radius 2 is 1.35 bits per heavy atom. The molecule has 3 N–H and O–H groups in total. The Labute approximate surface area is 184 Å². The van der Waals surface area contributed by atoms with Gasteiger partial charge in [0.05, 0.1) is 0 Å². The predicted octanol–water partition coefficient (Wildman–Crippen LogP) is 1.78. The minimum atomic E-state index is -0.611. The van der Waals surface area contributed by atoms with Gasteiger partial charge in [0, 0.05) is 32.6 Å². The fraction of sp³-hybridized carbons (Fsp3) is 0.810. The molecule has 0 radical (unpaired) electrons. The highest BCUT2D eigenvalue weighted by Crippen LogP contribution is 2.16. The van der Waals surface area contributed by atoms with Crippen molar-refractivity contribution in [3.05, 3.63) is 0 Å². The Morgan fingerprint density at radius 1 is 0.839 bits per heavy atom. The lowest BCUT2D eigenvalue weighted by Crippen LogP contribution is -2.46. The summed E-state index contributed by atoms with van der Waals surface area (Å²) < 4.78 is 10.2. The lowest BCUT2D eigenvalue weighted by atomic mass is 9.96. The number of rotatable bonds is 7. The van der Waals surface area contributed by atoms with Gasteiger partial charge in [-0.2, -0.15) is 0 Å². The predicted molar refractivity (Wildman–Crippen MR) is 115 cm³/mol. The van der Waals surface area contributed by atoms with Gasteiger partial charge >= 0.3 is 12.2 Å². The maximum absolute atomic E-state index is 12.2. The van der Waals surface area contributed by atoms with Crippen LogP contribution in [0.5, 0.6) is 0 Å². The van der Waals surface area contributed by atoms with Crippen LogP contribution in [0.25, 0.3) is 0 Å². The summed E-state index contributed by atoms with van der Waals surface area (Å²) in [6.07, 6.45) is 0.564. The average molecular weight is 443 g/mol. The van der Waals surface area contributed by atoms with E-state index in [1.165, 1.54) is 0 Å². The molecule has 0 aromatic heterocycles. The largest absolute Gasteiger partial charge is 0.444 e. The Bertz CT molecular complexity index is 631. The smallest absolute Gasteiger partial charge is 0.408 e. The summed E-state index contributed by atoms with van der Waals surface area (Å²) in [4.78, 5) is 49.1. The third-order valence-corrected chi connectivity index (χ3v) is 4.36. The molecule has 1 aliphatic rings. The number of nitrogens with one attached hydrogen (secondary N) is 3. The Kier molecular flexibility index (Phi) is 10.1. The zero-order valence-corrected chi connectivity index (χ0v) is 19.6. The van der Waals surface area contributed by atoms with Gasteiger partial charge in [-0.25, -0.2) is 9.59 Å². The molecule has 1 rings (SSSR count). The molecule has 1 fully saturated rings. The van der Waals surface area contributed by atoms with Crippen molar-refractivity contribution in [1.82, 2.24) is 20.9 Å². The van der Waals surface area contributed by atoms with E-state index in [0.29, 0.717) is 19.6 Å². The molecule has 0 atom stereocenters. The van der Waals surface area contributed by atoms with Crippen molar-refractivity contribution in [2.75, 3.05) is 32.7 Å². The van der Waals surface area contributed by atoms with E-state index in [1.54, 1.807) is 46.4 Å². The number of alkyl carbamates (subject to hydrolysis) is 2. The first-order chi connectivity index (χ1) is 14.2. The molecule has 0 aliphatic carbocycles. The molecule has 4 amide bonds. The summed E-state index contributed by atoms with van der Waals surface area (Å²) in [6, 6.07) is 0. The molecule has 0 spiro atoms. The number of nitrogens with zero attached hydrogens (tertiary/aromatic N) is 1. The SMILES string of the molecule is CC(C)(C)OC(=O)NCCC(=O)NCC1CCN(C(=O)CNC(=O)OC(C)(C)C)CC1. The Morgan fingerprint density at radius 3 is 1.87 bits per heavy atom. The first-order valence-corrected chi connectivity index (χ1v) is 10.7. The van der Waals surface area contributed by atoms with Crippen LogP contribution in [-0.2, 0) is 19.1 Å². The Hall–Kier alpha value is -2.52. The van der Waals surface area contributed by atoms with Gasteiger partial charge in [0.2, 0.25) is 11.8 Å². The van der Waals surface area contributed by atoms with E-state index in [-0.39, 0.29) is 37.2 Å². The minimum absolute atomic E-state index is 0.0963. The zero-order chi connectivity index (χ0) is 23.7. The van der Waals surface area contributed by atoms with Crippen molar-refractivity contribution < 1.29 is 28.7 Å². The van der Waals surface area contributed by atoms with Gasteiger partial charge in [-0.1, -0.05) is 0 Å². The van der Waals surface area contributed by atoms with E-state index in [2.05, 4.69) is 16.0 Å². The van der Waals surface area contributed by atoms with E-state index in [1.807, 2.05) is 0 Å². The fourth-order valence-corrected chi connectivity index (χ4v) is 2.90. The van der Waals surface area contributed by atoms with Gasteiger partial charge < -0.3 is 30.3 Å². The summed E-state index contributed by atoms with van der Waals surface area (Å²) in [5, 5.41) is 7.90. The van der Waals surface area contributed by atoms with Crippen molar-refractivity contribution in [2.45, 2.75) is 72.0 Å². The zero-order valence-electron chi connectivity index (χ0n) is 19.6. The first-order valence-electron chi connectivity index (χ1n) is 10.7. The monoisotopic (exact) mass is 442 g/mol. The molecule has 1 saturated heterocycles. The van der Waals surface area contributed by atoms with Crippen LogP contribution in [-0.4, -0.2) is 72.8 Å². The first kappa shape index (κ1) is 26.5. The van der Waals surface area contributed by atoms with Crippen molar-refractivity contribution in [2.24, 2.45) is 5.92 Å². The third-order valence-electron chi connectivity index (χ3n) is 4.36. The van der Waals surface area contributed by atoms with Gasteiger partial charge in [-0.15, -0.1) is 0 Å². The number of piperidine rings is 1. The summed E-state index contributed by atoms with van der Waals surface area (Å²) in [7, 11) is 0. The van der Waals surface area contributed by atoms with Crippen molar-refractivity contribution in [3.8, 4) is 0 Å². The standard InChI is InChI=1S/C21H38N4O6/c1-20(2,3)30-18(28)22-10-7-16(26)23-13-15-8-11-25(12-9-15)17(27)14-24-19(29)31-21(4,5)6/h15H,7-14H2,1-6H3,(H,22,28)(H,23,26)(H,24,29). The molecule has 31 heavy (non-hydrogen) atoms. The molecule has 0 aromatic rings. The molecule has 0 aromatic carbocycles. The fourth-order valence-electron chi connectivity index (χ4n) is 2.90. The quantitative estimate of drug-likeness (QED) is 0.552. The van der Waals surface area contributed by atoms with Gasteiger partial charge in [-0.05, 0) is 60.3 Å². The van der Waals surface area contributed by atoms with Crippen LogP contribution < -0.4 is 16.0 Å². The molecule has 1 heterocycles. The van der Waals surface area contributed by atoms with Crippen molar-refractivity contribution >= 4 is 24.0 Å². The number of likely N-dealkylation sites (tertiary alicyclic amines) is 1.